The minimum absolute atomic E-state index is 0.139. The van der Waals surface area contributed by atoms with Crippen LogP contribution in [0.1, 0.15) is 24.6 Å². The van der Waals surface area contributed by atoms with Crippen molar-refractivity contribution in [3.63, 3.8) is 0 Å². The zero-order chi connectivity index (χ0) is 22.2. The van der Waals surface area contributed by atoms with Crippen molar-refractivity contribution in [2.45, 2.75) is 30.8 Å². The molecular weight excluding hydrogens is 433 g/mol. The van der Waals surface area contributed by atoms with E-state index in [9.17, 15) is 21.6 Å². The fourth-order valence-electron chi connectivity index (χ4n) is 3.59. The molecule has 0 radical (unpaired) electrons. The second-order valence-electron chi connectivity index (χ2n) is 7.24. The molecule has 0 amide bonds. The first-order valence-corrected chi connectivity index (χ1v) is 11.3. The summed E-state index contributed by atoms with van der Waals surface area (Å²) in [6.45, 7) is 3.05. The van der Waals surface area contributed by atoms with Crippen molar-refractivity contribution in [1.29, 1.82) is 0 Å². The van der Waals surface area contributed by atoms with Crippen LogP contribution in [0.25, 0.3) is 5.78 Å². The molecule has 3 heterocycles. The Morgan fingerprint density at radius 3 is 2.52 bits per heavy atom. The number of hydrogen-bond acceptors (Lipinski definition) is 6. The molecule has 12 heteroatoms. The van der Waals surface area contributed by atoms with Gasteiger partial charge in [0, 0.05) is 37.9 Å². The summed E-state index contributed by atoms with van der Waals surface area (Å²) in [4.78, 5) is 10.3. The molecule has 4 rings (SSSR count). The van der Waals surface area contributed by atoms with Crippen LogP contribution in [0.2, 0.25) is 0 Å². The summed E-state index contributed by atoms with van der Waals surface area (Å²) in [5.41, 5.74) is -0.113. The van der Waals surface area contributed by atoms with E-state index in [1.54, 1.807) is 4.52 Å². The average Bonchev–Trinajstić information content (AvgIpc) is 3.22. The van der Waals surface area contributed by atoms with Crippen LogP contribution >= 0.6 is 0 Å². The predicted molar refractivity (Wildman–Crippen MR) is 107 cm³/mol. The highest BCUT2D eigenvalue weighted by Crippen LogP contribution is 2.31. The maximum absolute atomic E-state index is 13.0. The van der Waals surface area contributed by atoms with Gasteiger partial charge in [-0.1, -0.05) is 19.4 Å². The number of halogens is 3. The van der Waals surface area contributed by atoms with Crippen molar-refractivity contribution in [3.05, 3.63) is 47.9 Å². The van der Waals surface area contributed by atoms with Gasteiger partial charge in [-0.2, -0.15) is 32.1 Å². The van der Waals surface area contributed by atoms with Gasteiger partial charge < -0.3 is 4.90 Å². The first-order chi connectivity index (χ1) is 14.7. The lowest BCUT2D eigenvalue weighted by Crippen LogP contribution is -2.49. The van der Waals surface area contributed by atoms with Crippen molar-refractivity contribution < 1.29 is 21.6 Å². The van der Waals surface area contributed by atoms with Gasteiger partial charge in [0.1, 0.15) is 12.1 Å². The van der Waals surface area contributed by atoms with Gasteiger partial charge in [0.25, 0.3) is 5.78 Å². The molecule has 0 unspecified atom stereocenters. The highest BCUT2D eigenvalue weighted by Gasteiger charge is 2.34. The lowest BCUT2D eigenvalue weighted by atomic mass is 10.2. The number of rotatable bonds is 5. The Hall–Kier alpha value is -2.73. The first kappa shape index (κ1) is 21.5. The van der Waals surface area contributed by atoms with Crippen LogP contribution in [0.5, 0.6) is 0 Å². The molecule has 0 spiro atoms. The fourth-order valence-corrected chi connectivity index (χ4v) is 5.06. The number of hydrogen-bond donors (Lipinski definition) is 0. The van der Waals surface area contributed by atoms with Gasteiger partial charge in [-0.05, 0) is 24.6 Å². The highest BCUT2D eigenvalue weighted by atomic mass is 32.2. The van der Waals surface area contributed by atoms with Crippen LogP contribution in [-0.2, 0) is 22.6 Å². The van der Waals surface area contributed by atoms with Crippen LogP contribution in [0, 0.1) is 0 Å². The number of aromatic nitrogens is 4. The second kappa shape index (κ2) is 8.08. The quantitative estimate of drug-likeness (QED) is 0.589. The van der Waals surface area contributed by atoms with Gasteiger partial charge in [0.15, 0.2) is 0 Å². The molecule has 1 aromatic carbocycles. The zero-order valence-corrected chi connectivity index (χ0v) is 17.6. The molecule has 0 N–H and O–H groups in total. The lowest BCUT2D eigenvalue weighted by Gasteiger charge is -2.35. The molecule has 0 aliphatic carbocycles. The summed E-state index contributed by atoms with van der Waals surface area (Å²) >= 11 is 0. The van der Waals surface area contributed by atoms with Crippen LogP contribution in [0.3, 0.4) is 0 Å². The summed E-state index contributed by atoms with van der Waals surface area (Å²) in [5, 5.41) is 4.21. The van der Waals surface area contributed by atoms with E-state index in [-0.39, 0.29) is 18.0 Å². The molecule has 166 valence electrons. The molecule has 1 aliphatic heterocycles. The first-order valence-electron chi connectivity index (χ1n) is 9.82. The van der Waals surface area contributed by atoms with Crippen molar-refractivity contribution in [1.82, 2.24) is 23.9 Å². The van der Waals surface area contributed by atoms with E-state index in [2.05, 4.69) is 15.1 Å². The Balaban J connectivity index is 1.55. The van der Waals surface area contributed by atoms with E-state index < -0.39 is 21.8 Å². The zero-order valence-electron chi connectivity index (χ0n) is 16.7. The Morgan fingerprint density at radius 1 is 1.10 bits per heavy atom. The van der Waals surface area contributed by atoms with Crippen LogP contribution in [-0.4, -0.2) is 58.5 Å². The molecule has 31 heavy (non-hydrogen) atoms. The Bertz CT molecular complexity index is 1190. The molecule has 1 saturated heterocycles. The average molecular weight is 454 g/mol. The number of benzene rings is 1. The van der Waals surface area contributed by atoms with Gasteiger partial charge in [-0.15, -0.1) is 0 Å². The summed E-state index contributed by atoms with van der Waals surface area (Å²) < 4.78 is 67.6. The summed E-state index contributed by atoms with van der Waals surface area (Å²) in [6.07, 6.45) is -1.50. The highest BCUT2D eigenvalue weighted by molar-refractivity contribution is 7.89. The third-order valence-corrected chi connectivity index (χ3v) is 7.05. The number of aryl methyl sites for hydroxylation is 1. The van der Waals surface area contributed by atoms with Crippen LogP contribution < -0.4 is 4.90 Å². The summed E-state index contributed by atoms with van der Waals surface area (Å²) in [6, 6.07) is 5.76. The number of fused-ring (bicyclic) bond motifs is 1. The van der Waals surface area contributed by atoms with Crippen LogP contribution in [0.4, 0.5) is 19.0 Å². The van der Waals surface area contributed by atoms with Gasteiger partial charge in [0.05, 0.1) is 10.5 Å². The minimum atomic E-state index is -4.61. The maximum atomic E-state index is 13.0. The van der Waals surface area contributed by atoms with Crippen molar-refractivity contribution >= 4 is 21.6 Å². The van der Waals surface area contributed by atoms with Crippen molar-refractivity contribution in [2.75, 3.05) is 31.1 Å². The molecule has 2 aromatic heterocycles. The topological polar surface area (TPSA) is 83.7 Å². The SMILES string of the molecule is CCCc1cc(N2CCN(S(=O)(=O)c3cccc(C(F)(F)F)c3)CC2)n2ncnc2n1. The molecule has 0 bridgehead atoms. The molecule has 1 aliphatic rings. The Kier molecular flexibility index (Phi) is 5.60. The normalized spacial score (nSPS) is 16.2. The summed E-state index contributed by atoms with van der Waals surface area (Å²) in [5.74, 6) is 1.24. The number of anilines is 1. The second-order valence-corrected chi connectivity index (χ2v) is 9.18. The number of piperazine rings is 1. The lowest BCUT2D eigenvalue weighted by molar-refractivity contribution is -0.137. The molecule has 0 atom stereocenters. The minimum Gasteiger partial charge on any atom is -0.354 e. The van der Waals surface area contributed by atoms with Crippen molar-refractivity contribution in [3.8, 4) is 0 Å². The van der Waals surface area contributed by atoms with E-state index >= 15 is 0 Å². The number of nitrogens with zero attached hydrogens (tertiary/aromatic N) is 6. The monoisotopic (exact) mass is 454 g/mol. The molecule has 3 aromatic rings. The molecule has 1 fully saturated rings. The van der Waals surface area contributed by atoms with Crippen LogP contribution in [0.15, 0.2) is 41.6 Å². The van der Waals surface area contributed by atoms with Gasteiger partial charge in [0.2, 0.25) is 10.0 Å². The largest absolute Gasteiger partial charge is 0.416 e. The van der Waals surface area contributed by atoms with Gasteiger partial charge in [-0.3, -0.25) is 0 Å². The van der Waals surface area contributed by atoms with Gasteiger partial charge in [-0.25, -0.2) is 13.4 Å². The van der Waals surface area contributed by atoms with E-state index in [1.807, 2.05) is 17.9 Å². The number of sulfonamides is 1. The van der Waals surface area contributed by atoms with E-state index in [0.717, 1.165) is 36.5 Å². The standard InChI is InChI=1S/C19H21F3N6O2S/c1-2-4-15-12-17(28-18(25-15)23-13-24-28)26-7-9-27(10-8-26)31(29,30)16-6-3-5-14(11-16)19(20,21)22/h3,5-6,11-13H,2,4,7-10H2,1H3. The van der Waals surface area contributed by atoms with Gasteiger partial charge >= 0.3 is 6.18 Å². The number of alkyl halides is 3. The maximum Gasteiger partial charge on any atom is 0.416 e. The third-order valence-electron chi connectivity index (χ3n) is 5.15. The Morgan fingerprint density at radius 2 is 1.84 bits per heavy atom. The molecular formula is C19H21F3N6O2S. The van der Waals surface area contributed by atoms with Crippen molar-refractivity contribution in [2.24, 2.45) is 0 Å². The summed E-state index contributed by atoms with van der Waals surface area (Å²) in [7, 11) is -4.04. The predicted octanol–water partition coefficient (Wildman–Crippen LogP) is 2.61. The molecule has 0 saturated carbocycles. The Labute approximate surface area is 177 Å². The van der Waals surface area contributed by atoms with E-state index in [4.69, 9.17) is 0 Å². The van der Waals surface area contributed by atoms with E-state index in [0.29, 0.717) is 24.9 Å². The third kappa shape index (κ3) is 4.22. The smallest absolute Gasteiger partial charge is 0.354 e. The van der Waals surface area contributed by atoms with E-state index in [1.165, 1.54) is 16.7 Å². The molecule has 8 nitrogen and oxygen atoms in total. The fraction of sp³-hybridized carbons (Fsp3) is 0.421.